The Bertz CT molecular complexity index is 527. The molecule has 2 nitrogen and oxygen atoms in total. The zero-order valence-electron chi connectivity index (χ0n) is 8.74. The van der Waals surface area contributed by atoms with Gasteiger partial charge in [-0.2, -0.15) is 0 Å². The fraction of sp³-hybridized carbons (Fsp3) is 0.0833. The van der Waals surface area contributed by atoms with Gasteiger partial charge in [0.25, 0.3) is 0 Å². The van der Waals surface area contributed by atoms with Gasteiger partial charge < -0.3 is 5.32 Å². The SMILES string of the molecule is O=C(Cc1cccs1)Nc1cccc(Cl)c1Br. The molecular formula is C12H9BrClNOS. The Balaban J connectivity index is 2.06. The number of carbonyl (C=O) groups is 1. The number of rotatable bonds is 3. The van der Waals surface area contributed by atoms with Gasteiger partial charge in [-0.05, 0) is 39.5 Å². The molecule has 0 aliphatic carbocycles. The summed E-state index contributed by atoms with van der Waals surface area (Å²) in [7, 11) is 0. The molecule has 0 fully saturated rings. The number of hydrogen-bond acceptors (Lipinski definition) is 2. The molecule has 0 spiro atoms. The standard InChI is InChI=1S/C12H9BrClNOS/c13-12-9(14)4-1-5-10(12)15-11(16)7-8-3-2-6-17-8/h1-6H,7H2,(H,15,16). The molecule has 0 unspecified atom stereocenters. The first-order valence-electron chi connectivity index (χ1n) is 4.93. The van der Waals surface area contributed by atoms with E-state index in [0.717, 1.165) is 4.88 Å². The first-order chi connectivity index (χ1) is 8.16. The van der Waals surface area contributed by atoms with Gasteiger partial charge in [0.15, 0.2) is 0 Å². The minimum atomic E-state index is -0.0459. The summed E-state index contributed by atoms with van der Waals surface area (Å²) in [4.78, 5) is 12.8. The minimum Gasteiger partial charge on any atom is -0.325 e. The first-order valence-corrected chi connectivity index (χ1v) is 6.98. The van der Waals surface area contributed by atoms with Crippen molar-refractivity contribution in [2.45, 2.75) is 6.42 Å². The molecule has 0 atom stereocenters. The fourth-order valence-electron chi connectivity index (χ4n) is 1.37. The summed E-state index contributed by atoms with van der Waals surface area (Å²) < 4.78 is 0.709. The van der Waals surface area contributed by atoms with Crippen molar-refractivity contribution < 1.29 is 4.79 Å². The van der Waals surface area contributed by atoms with Crippen molar-refractivity contribution in [2.75, 3.05) is 5.32 Å². The van der Waals surface area contributed by atoms with E-state index in [4.69, 9.17) is 11.6 Å². The number of hydrogen-bond donors (Lipinski definition) is 1. The van der Waals surface area contributed by atoms with Gasteiger partial charge in [-0.25, -0.2) is 0 Å². The lowest BCUT2D eigenvalue weighted by molar-refractivity contribution is -0.115. The molecule has 1 N–H and O–H groups in total. The van der Waals surface area contributed by atoms with Crippen LogP contribution in [0.4, 0.5) is 5.69 Å². The van der Waals surface area contributed by atoms with Crippen molar-refractivity contribution in [3.8, 4) is 0 Å². The molecule has 1 aromatic heterocycles. The molecule has 17 heavy (non-hydrogen) atoms. The van der Waals surface area contributed by atoms with Gasteiger partial charge in [0.05, 0.1) is 21.6 Å². The Kier molecular flexibility index (Phi) is 4.20. The second kappa shape index (κ2) is 5.67. The van der Waals surface area contributed by atoms with E-state index in [1.165, 1.54) is 0 Å². The Morgan fingerprint density at radius 1 is 1.35 bits per heavy atom. The van der Waals surface area contributed by atoms with E-state index >= 15 is 0 Å². The molecule has 1 aromatic carbocycles. The molecule has 88 valence electrons. The highest BCUT2D eigenvalue weighted by Gasteiger charge is 2.08. The average molecular weight is 331 g/mol. The topological polar surface area (TPSA) is 29.1 Å². The lowest BCUT2D eigenvalue weighted by Crippen LogP contribution is -2.14. The van der Waals surface area contributed by atoms with E-state index in [2.05, 4.69) is 21.2 Å². The van der Waals surface area contributed by atoms with Crippen LogP contribution in [-0.4, -0.2) is 5.91 Å². The maximum absolute atomic E-state index is 11.8. The maximum atomic E-state index is 11.8. The number of anilines is 1. The average Bonchev–Trinajstić information content (AvgIpc) is 2.77. The van der Waals surface area contributed by atoms with Crippen molar-refractivity contribution in [1.29, 1.82) is 0 Å². The summed E-state index contributed by atoms with van der Waals surface area (Å²) >= 11 is 10.9. The molecule has 5 heteroatoms. The third kappa shape index (κ3) is 3.31. The van der Waals surface area contributed by atoms with E-state index in [9.17, 15) is 4.79 Å². The van der Waals surface area contributed by atoms with E-state index < -0.39 is 0 Å². The van der Waals surface area contributed by atoms with Crippen LogP contribution in [0.1, 0.15) is 4.88 Å². The Morgan fingerprint density at radius 3 is 2.88 bits per heavy atom. The van der Waals surface area contributed by atoms with Crippen LogP contribution in [0.2, 0.25) is 5.02 Å². The zero-order valence-corrected chi connectivity index (χ0v) is 11.9. The number of amides is 1. The first kappa shape index (κ1) is 12.6. The number of carbonyl (C=O) groups excluding carboxylic acids is 1. The fourth-order valence-corrected chi connectivity index (χ4v) is 2.61. The van der Waals surface area contributed by atoms with Crippen LogP contribution in [0.15, 0.2) is 40.2 Å². The molecule has 1 heterocycles. The van der Waals surface area contributed by atoms with E-state index in [-0.39, 0.29) is 5.91 Å². The van der Waals surface area contributed by atoms with Crippen LogP contribution in [0.25, 0.3) is 0 Å². The number of nitrogens with one attached hydrogen (secondary N) is 1. The van der Waals surface area contributed by atoms with Crippen LogP contribution in [0, 0.1) is 0 Å². The van der Waals surface area contributed by atoms with Crippen LogP contribution in [-0.2, 0) is 11.2 Å². The van der Waals surface area contributed by atoms with Crippen LogP contribution in [0.5, 0.6) is 0 Å². The molecule has 0 aliphatic rings. The molecule has 0 saturated carbocycles. The summed E-state index contributed by atoms with van der Waals surface area (Å²) in [5, 5.41) is 5.36. The summed E-state index contributed by atoms with van der Waals surface area (Å²) in [6.07, 6.45) is 0.386. The smallest absolute Gasteiger partial charge is 0.229 e. The highest BCUT2D eigenvalue weighted by Crippen LogP contribution is 2.30. The van der Waals surface area contributed by atoms with Crippen molar-refractivity contribution in [3.63, 3.8) is 0 Å². The van der Waals surface area contributed by atoms with Gasteiger partial charge in [0, 0.05) is 4.88 Å². The predicted octanol–water partition coefficient (Wildman–Crippen LogP) is 4.35. The molecule has 2 aromatic rings. The maximum Gasteiger partial charge on any atom is 0.229 e. The Labute approximate surface area is 117 Å². The zero-order chi connectivity index (χ0) is 12.3. The van der Waals surface area contributed by atoms with Gasteiger partial charge in [0.1, 0.15) is 0 Å². The Hall–Kier alpha value is -0.840. The van der Waals surface area contributed by atoms with Gasteiger partial charge >= 0.3 is 0 Å². The second-order valence-electron chi connectivity index (χ2n) is 3.41. The third-order valence-corrected chi connectivity index (χ3v) is 4.41. The molecule has 1 amide bonds. The predicted molar refractivity (Wildman–Crippen MR) is 75.8 cm³/mol. The molecule has 0 saturated heterocycles. The molecule has 0 bridgehead atoms. The van der Waals surface area contributed by atoms with Gasteiger partial charge in [-0.3, -0.25) is 4.79 Å². The van der Waals surface area contributed by atoms with Crippen molar-refractivity contribution in [3.05, 3.63) is 50.1 Å². The van der Waals surface area contributed by atoms with Gasteiger partial charge in [-0.15, -0.1) is 11.3 Å². The van der Waals surface area contributed by atoms with E-state index in [1.54, 1.807) is 23.5 Å². The quantitative estimate of drug-likeness (QED) is 0.891. The number of thiophene rings is 1. The van der Waals surface area contributed by atoms with Crippen molar-refractivity contribution in [1.82, 2.24) is 0 Å². The minimum absolute atomic E-state index is 0.0459. The third-order valence-electron chi connectivity index (χ3n) is 2.14. The normalized spacial score (nSPS) is 10.2. The summed E-state index contributed by atoms with van der Waals surface area (Å²) in [5.74, 6) is -0.0459. The van der Waals surface area contributed by atoms with Crippen molar-refractivity contribution >= 4 is 50.5 Å². The summed E-state index contributed by atoms with van der Waals surface area (Å²) in [6.45, 7) is 0. The molecule has 2 rings (SSSR count). The number of benzene rings is 1. The van der Waals surface area contributed by atoms with Crippen LogP contribution < -0.4 is 5.32 Å². The molecule has 0 aliphatic heterocycles. The highest BCUT2D eigenvalue weighted by molar-refractivity contribution is 9.10. The largest absolute Gasteiger partial charge is 0.325 e. The lowest BCUT2D eigenvalue weighted by Gasteiger charge is -2.07. The molecule has 0 radical (unpaired) electrons. The van der Waals surface area contributed by atoms with Crippen LogP contribution in [0.3, 0.4) is 0 Å². The number of halogens is 2. The Morgan fingerprint density at radius 2 is 2.18 bits per heavy atom. The summed E-state index contributed by atoms with van der Waals surface area (Å²) in [5.41, 5.74) is 0.694. The van der Waals surface area contributed by atoms with Crippen LogP contribution >= 0.6 is 38.9 Å². The van der Waals surface area contributed by atoms with Crippen molar-refractivity contribution in [2.24, 2.45) is 0 Å². The molecular weight excluding hydrogens is 322 g/mol. The van der Waals surface area contributed by atoms with Gasteiger partial charge in [0.2, 0.25) is 5.91 Å². The monoisotopic (exact) mass is 329 g/mol. The highest BCUT2D eigenvalue weighted by atomic mass is 79.9. The summed E-state index contributed by atoms with van der Waals surface area (Å²) in [6, 6.07) is 9.25. The van der Waals surface area contributed by atoms with Gasteiger partial charge in [-0.1, -0.05) is 23.7 Å². The van der Waals surface area contributed by atoms with E-state index in [1.807, 2.05) is 23.6 Å². The lowest BCUT2D eigenvalue weighted by atomic mass is 10.3. The van der Waals surface area contributed by atoms with E-state index in [0.29, 0.717) is 21.6 Å². The second-order valence-corrected chi connectivity index (χ2v) is 5.64.